The minimum Gasteiger partial charge on any atom is -0.329 e. The fourth-order valence-electron chi connectivity index (χ4n) is 2.12. The van der Waals surface area contributed by atoms with Crippen LogP contribution in [0.25, 0.3) is 0 Å². The van der Waals surface area contributed by atoms with Gasteiger partial charge in [-0.2, -0.15) is 0 Å². The summed E-state index contributed by atoms with van der Waals surface area (Å²) in [4.78, 5) is 3.83. The average molecular weight is 260 g/mol. The van der Waals surface area contributed by atoms with Crippen molar-refractivity contribution in [3.8, 4) is 0 Å². The van der Waals surface area contributed by atoms with E-state index in [1.54, 1.807) is 0 Å². The van der Waals surface area contributed by atoms with Crippen molar-refractivity contribution in [1.82, 2.24) is 4.90 Å². The third-order valence-corrected chi connectivity index (χ3v) is 4.05. The van der Waals surface area contributed by atoms with E-state index in [0.717, 1.165) is 13.1 Å². The number of rotatable bonds is 6. The Morgan fingerprint density at radius 1 is 1.17 bits per heavy atom. The summed E-state index contributed by atoms with van der Waals surface area (Å²) >= 11 is 1.81. The van der Waals surface area contributed by atoms with Gasteiger partial charge in [0.25, 0.3) is 0 Å². The Balaban J connectivity index is 2.09. The summed E-state index contributed by atoms with van der Waals surface area (Å²) in [6.07, 6.45) is 0. The second kappa shape index (κ2) is 6.69. The van der Waals surface area contributed by atoms with Crippen molar-refractivity contribution in [2.75, 3.05) is 13.1 Å². The third-order valence-electron chi connectivity index (χ3n) is 3.19. The molecule has 1 heterocycles. The zero-order valence-electron chi connectivity index (χ0n) is 10.8. The Morgan fingerprint density at radius 2 is 1.94 bits per heavy atom. The van der Waals surface area contributed by atoms with Crippen LogP contribution in [0.15, 0.2) is 47.8 Å². The SMILES string of the molecule is CC(c1ccccc1)N(CCN)Cc1cccs1. The maximum Gasteiger partial charge on any atom is 0.0334 e. The van der Waals surface area contributed by atoms with Crippen LogP contribution in [0, 0.1) is 0 Å². The van der Waals surface area contributed by atoms with Gasteiger partial charge in [-0.1, -0.05) is 36.4 Å². The predicted molar refractivity (Wildman–Crippen MR) is 78.6 cm³/mol. The molecule has 2 nitrogen and oxygen atoms in total. The molecule has 18 heavy (non-hydrogen) atoms. The van der Waals surface area contributed by atoms with Crippen LogP contribution < -0.4 is 5.73 Å². The summed E-state index contributed by atoms with van der Waals surface area (Å²) in [7, 11) is 0. The predicted octanol–water partition coefficient (Wildman–Crippen LogP) is 3.27. The van der Waals surface area contributed by atoms with E-state index < -0.39 is 0 Å². The smallest absolute Gasteiger partial charge is 0.0334 e. The molecule has 0 saturated heterocycles. The molecule has 1 aromatic carbocycles. The number of nitrogens with zero attached hydrogens (tertiary/aromatic N) is 1. The standard InChI is InChI=1S/C15H20N2S/c1-13(14-6-3-2-4-7-14)17(10-9-16)12-15-8-5-11-18-15/h2-8,11,13H,9-10,12,16H2,1H3. The number of hydrogen-bond acceptors (Lipinski definition) is 3. The molecule has 1 unspecified atom stereocenters. The van der Waals surface area contributed by atoms with Gasteiger partial charge in [-0.25, -0.2) is 0 Å². The van der Waals surface area contributed by atoms with Gasteiger partial charge >= 0.3 is 0 Å². The van der Waals surface area contributed by atoms with Gasteiger partial charge < -0.3 is 5.73 Å². The maximum atomic E-state index is 5.74. The monoisotopic (exact) mass is 260 g/mol. The van der Waals surface area contributed by atoms with Crippen molar-refractivity contribution in [3.63, 3.8) is 0 Å². The number of benzene rings is 1. The highest BCUT2D eigenvalue weighted by Gasteiger charge is 2.15. The van der Waals surface area contributed by atoms with Gasteiger partial charge in [0, 0.05) is 30.6 Å². The molecular weight excluding hydrogens is 240 g/mol. The van der Waals surface area contributed by atoms with Gasteiger partial charge in [0.15, 0.2) is 0 Å². The molecule has 2 N–H and O–H groups in total. The van der Waals surface area contributed by atoms with Crippen molar-refractivity contribution in [2.45, 2.75) is 19.5 Å². The largest absolute Gasteiger partial charge is 0.329 e. The van der Waals surface area contributed by atoms with E-state index in [1.807, 2.05) is 11.3 Å². The molecule has 2 aromatic rings. The number of hydrogen-bond donors (Lipinski definition) is 1. The van der Waals surface area contributed by atoms with Crippen LogP contribution in [-0.2, 0) is 6.54 Å². The second-order valence-corrected chi connectivity index (χ2v) is 5.46. The first kappa shape index (κ1) is 13.3. The third kappa shape index (κ3) is 3.42. The summed E-state index contributed by atoms with van der Waals surface area (Å²) in [6.45, 7) is 4.85. The lowest BCUT2D eigenvalue weighted by Crippen LogP contribution is -2.31. The van der Waals surface area contributed by atoms with Gasteiger partial charge in [-0.3, -0.25) is 4.90 Å². The van der Waals surface area contributed by atoms with Crippen LogP contribution in [0.4, 0.5) is 0 Å². The Morgan fingerprint density at radius 3 is 2.56 bits per heavy atom. The highest BCUT2D eigenvalue weighted by molar-refractivity contribution is 7.09. The van der Waals surface area contributed by atoms with Crippen molar-refractivity contribution in [2.24, 2.45) is 5.73 Å². The first-order valence-electron chi connectivity index (χ1n) is 6.32. The first-order chi connectivity index (χ1) is 8.81. The molecule has 96 valence electrons. The van der Waals surface area contributed by atoms with Crippen molar-refractivity contribution in [1.29, 1.82) is 0 Å². The van der Waals surface area contributed by atoms with E-state index in [9.17, 15) is 0 Å². The van der Waals surface area contributed by atoms with E-state index in [-0.39, 0.29) is 0 Å². The van der Waals surface area contributed by atoms with Gasteiger partial charge in [-0.15, -0.1) is 11.3 Å². The summed E-state index contributed by atoms with van der Waals surface area (Å²) in [5.41, 5.74) is 7.09. The minimum atomic E-state index is 0.400. The molecule has 0 aliphatic rings. The quantitative estimate of drug-likeness (QED) is 0.863. The molecule has 0 aliphatic heterocycles. The molecule has 0 amide bonds. The highest BCUT2D eigenvalue weighted by atomic mass is 32.1. The number of nitrogens with two attached hydrogens (primary N) is 1. The summed E-state index contributed by atoms with van der Waals surface area (Å²) in [5, 5.41) is 2.13. The fourth-order valence-corrected chi connectivity index (χ4v) is 2.85. The lowest BCUT2D eigenvalue weighted by Gasteiger charge is -2.28. The van der Waals surface area contributed by atoms with Crippen LogP contribution in [0.2, 0.25) is 0 Å². The van der Waals surface area contributed by atoms with Gasteiger partial charge in [-0.05, 0) is 23.9 Å². The lowest BCUT2D eigenvalue weighted by atomic mass is 10.1. The molecular formula is C15H20N2S. The van der Waals surface area contributed by atoms with E-state index >= 15 is 0 Å². The molecule has 0 fully saturated rings. The molecule has 1 atom stereocenters. The molecule has 3 heteroatoms. The molecule has 0 saturated carbocycles. The molecule has 2 rings (SSSR count). The lowest BCUT2D eigenvalue weighted by molar-refractivity contribution is 0.209. The second-order valence-electron chi connectivity index (χ2n) is 4.43. The Kier molecular flexibility index (Phi) is 4.93. The van der Waals surface area contributed by atoms with Crippen LogP contribution in [0.3, 0.4) is 0 Å². The molecule has 0 aliphatic carbocycles. The topological polar surface area (TPSA) is 29.3 Å². The van der Waals surface area contributed by atoms with Crippen LogP contribution in [-0.4, -0.2) is 18.0 Å². The molecule has 1 aromatic heterocycles. The summed E-state index contributed by atoms with van der Waals surface area (Å²) in [6, 6.07) is 15.3. The van der Waals surface area contributed by atoms with Crippen LogP contribution in [0.1, 0.15) is 23.4 Å². The van der Waals surface area contributed by atoms with Crippen LogP contribution in [0.5, 0.6) is 0 Å². The summed E-state index contributed by atoms with van der Waals surface area (Å²) in [5.74, 6) is 0. The normalized spacial score (nSPS) is 12.8. The Hall–Kier alpha value is -1.16. The van der Waals surface area contributed by atoms with Crippen LogP contribution >= 0.6 is 11.3 Å². The zero-order chi connectivity index (χ0) is 12.8. The Labute approximate surface area is 113 Å². The van der Waals surface area contributed by atoms with E-state index in [4.69, 9.17) is 5.73 Å². The Bertz CT molecular complexity index is 439. The van der Waals surface area contributed by atoms with E-state index in [2.05, 4.69) is 59.7 Å². The number of thiophene rings is 1. The van der Waals surface area contributed by atoms with Gasteiger partial charge in [0.2, 0.25) is 0 Å². The highest BCUT2D eigenvalue weighted by Crippen LogP contribution is 2.23. The van der Waals surface area contributed by atoms with Crippen molar-refractivity contribution in [3.05, 3.63) is 58.3 Å². The fraction of sp³-hybridized carbons (Fsp3) is 0.333. The molecule has 0 bridgehead atoms. The van der Waals surface area contributed by atoms with E-state index in [1.165, 1.54) is 10.4 Å². The zero-order valence-corrected chi connectivity index (χ0v) is 11.6. The summed E-state index contributed by atoms with van der Waals surface area (Å²) < 4.78 is 0. The van der Waals surface area contributed by atoms with Gasteiger partial charge in [0.1, 0.15) is 0 Å². The first-order valence-corrected chi connectivity index (χ1v) is 7.20. The van der Waals surface area contributed by atoms with Crippen molar-refractivity contribution >= 4 is 11.3 Å². The van der Waals surface area contributed by atoms with Crippen molar-refractivity contribution < 1.29 is 0 Å². The van der Waals surface area contributed by atoms with Gasteiger partial charge in [0.05, 0.1) is 0 Å². The molecule has 0 spiro atoms. The molecule has 0 radical (unpaired) electrons. The minimum absolute atomic E-state index is 0.400. The average Bonchev–Trinajstić information content (AvgIpc) is 2.91. The maximum absolute atomic E-state index is 5.74. The van der Waals surface area contributed by atoms with E-state index in [0.29, 0.717) is 12.6 Å².